The van der Waals surface area contributed by atoms with Crippen LogP contribution in [0.15, 0.2) is 18.2 Å². The van der Waals surface area contributed by atoms with E-state index < -0.39 is 0 Å². The van der Waals surface area contributed by atoms with E-state index in [9.17, 15) is 0 Å². The van der Waals surface area contributed by atoms with E-state index in [0.717, 1.165) is 22.7 Å². The molecule has 0 bridgehead atoms. The van der Waals surface area contributed by atoms with Crippen molar-refractivity contribution in [3.05, 3.63) is 28.8 Å². The van der Waals surface area contributed by atoms with Crippen LogP contribution in [0.3, 0.4) is 0 Å². The number of hydrogen-bond donors (Lipinski definition) is 1. The molecule has 0 aliphatic heterocycles. The van der Waals surface area contributed by atoms with Crippen LogP contribution in [0.4, 0.5) is 5.69 Å². The SMILES string of the molecule is CC(C)N(C)c1ccc(CCN)c(Cl)c1. The van der Waals surface area contributed by atoms with Gasteiger partial charge in [0.1, 0.15) is 0 Å². The van der Waals surface area contributed by atoms with Crippen LogP contribution in [0.5, 0.6) is 0 Å². The van der Waals surface area contributed by atoms with Crippen molar-refractivity contribution in [2.24, 2.45) is 5.73 Å². The first-order valence-corrected chi connectivity index (χ1v) is 5.65. The smallest absolute Gasteiger partial charge is 0.0459 e. The van der Waals surface area contributed by atoms with E-state index in [-0.39, 0.29) is 0 Å². The maximum Gasteiger partial charge on any atom is 0.0459 e. The van der Waals surface area contributed by atoms with Gasteiger partial charge in [-0.15, -0.1) is 0 Å². The summed E-state index contributed by atoms with van der Waals surface area (Å²) in [5.41, 5.74) is 7.78. The van der Waals surface area contributed by atoms with Crippen molar-refractivity contribution in [2.75, 3.05) is 18.5 Å². The molecular formula is C12H19ClN2. The summed E-state index contributed by atoms with van der Waals surface area (Å²) in [5.74, 6) is 0. The summed E-state index contributed by atoms with van der Waals surface area (Å²) in [5, 5.41) is 0.811. The van der Waals surface area contributed by atoms with Gasteiger partial charge >= 0.3 is 0 Å². The van der Waals surface area contributed by atoms with E-state index in [1.807, 2.05) is 6.07 Å². The average Bonchev–Trinajstić information content (AvgIpc) is 2.20. The maximum atomic E-state index is 6.17. The zero-order valence-electron chi connectivity index (χ0n) is 9.63. The third kappa shape index (κ3) is 3.11. The predicted molar refractivity (Wildman–Crippen MR) is 67.7 cm³/mol. The zero-order chi connectivity index (χ0) is 11.4. The minimum absolute atomic E-state index is 0.474. The molecular weight excluding hydrogens is 208 g/mol. The fourth-order valence-corrected chi connectivity index (χ4v) is 1.68. The third-order valence-corrected chi connectivity index (χ3v) is 2.98. The molecule has 0 saturated heterocycles. The van der Waals surface area contributed by atoms with Crippen molar-refractivity contribution >= 4 is 17.3 Å². The molecule has 0 heterocycles. The van der Waals surface area contributed by atoms with Gasteiger partial charge in [0.15, 0.2) is 0 Å². The van der Waals surface area contributed by atoms with E-state index in [4.69, 9.17) is 17.3 Å². The van der Waals surface area contributed by atoms with Crippen molar-refractivity contribution in [1.29, 1.82) is 0 Å². The van der Waals surface area contributed by atoms with Gasteiger partial charge in [-0.3, -0.25) is 0 Å². The average molecular weight is 227 g/mol. The second kappa shape index (κ2) is 5.38. The van der Waals surface area contributed by atoms with Gasteiger partial charge in [0, 0.05) is 23.8 Å². The normalized spacial score (nSPS) is 10.8. The van der Waals surface area contributed by atoms with E-state index in [1.54, 1.807) is 0 Å². The second-order valence-electron chi connectivity index (χ2n) is 4.02. The Morgan fingerprint density at radius 1 is 1.40 bits per heavy atom. The monoisotopic (exact) mass is 226 g/mol. The van der Waals surface area contributed by atoms with Crippen LogP contribution in [0, 0.1) is 0 Å². The first kappa shape index (κ1) is 12.3. The first-order chi connectivity index (χ1) is 7.06. The molecule has 0 aromatic heterocycles. The molecule has 1 aromatic rings. The van der Waals surface area contributed by atoms with Gasteiger partial charge in [-0.2, -0.15) is 0 Å². The molecule has 15 heavy (non-hydrogen) atoms. The van der Waals surface area contributed by atoms with E-state index in [2.05, 4.69) is 37.9 Å². The molecule has 0 fully saturated rings. The molecule has 1 aromatic carbocycles. The first-order valence-electron chi connectivity index (χ1n) is 5.27. The number of nitrogens with two attached hydrogens (primary N) is 1. The van der Waals surface area contributed by atoms with Crippen LogP contribution in [-0.2, 0) is 6.42 Å². The Bertz CT molecular complexity index is 323. The summed E-state index contributed by atoms with van der Waals surface area (Å²) in [6.45, 7) is 4.95. The van der Waals surface area contributed by atoms with Gasteiger partial charge in [0.25, 0.3) is 0 Å². The van der Waals surface area contributed by atoms with Crippen LogP contribution in [0.1, 0.15) is 19.4 Å². The van der Waals surface area contributed by atoms with Crippen LogP contribution in [0.2, 0.25) is 5.02 Å². The van der Waals surface area contributed by atoms with E-state index in [1.165, 1.54) is 0 Å². The van der Waals surface area contributed by atoms with Crippen molar-refractivity contribution in [1.82, 2.24) is 0 Å². The van der Waals surface area contributed by atoms with Crippen LogP contribution in [0.25, 0.3) is 0 Å². The van der Waals surface area contributed by atoms with Gasteiger partial charge in [0.2, 0.25) is 0 Å². The number of benzene rings is 1. The number of rotatable bonds is 4. The lowest BCUT2D eigenvalue weighted by atomic mass is 10.1. The fraction of sp³-hybridized carbons (Fsp3) is 0.500. The highest BCUT2D eigenvalue weighted by Crippen LogP contribution is 2.24. The lowest BCUT2D eigenvalue weighted by molar-refractivity contribution is 0.754. The summed E-state index contributed by atoms with van der Waals surface area (Å²) in [6.07, 6.45) is 0.838. The highest BCUT2D eigenvalue weighted by Gasteiger charge is 2.07. The molecule has 0 spiro atoms. The molecule has 2 N–H and O–H groups in total. The summed E-state index contributed by atoms with van der Waals surface area (Å²) < 4.78 is 0. The topological polar surface area (TPSA) is 29.3 Å². The van der Waals surface area contributed by atoms with Gasteiger partial charge in [-0.25, -0.2) is 0 Å². The Balaban J connectivity index is 2.90. The maximum absolute atomic E-state index is 6.17. The number of halogens is 1. The van der Waals surface area contributed by atoms with Gasteiger partial charge in [-0.05, 0) is 44.5 Å². The Morgan fingerprint density at radius 3 is 2.53 bits per heavy atom. The predicted octanol–water partition coefficient (Wildman–Crippen LogP) is 2.69. The minimum atomic E-state index is 0.474. The fourth-order valence-electron chi connectivity index (χ4n) is 1.41. The van der Waals surface area contributed by atoms with E-state index in [0.29, 0.717) is 12.6 Å². The summed E-state index contributed by atoms with van der Waals surface area (Å²) in [4.78, 5) is 2.19. The third-order valence-electron chi connectivity index (χ3n) is 2.63. The molecule has 1 rings (SSSR count). The quantitative estimate of drug-likeness (QED) is 0.856. The molecule has 0 aliphatic carbocycles. The van der Waals surface area contributed by atoms with Gasteiger partial charge in [0.05, 0.1) is 0 Å². The highest BCUT2D eigenvalue weighted by molar-refractivity contribution is 6.31. The lowest BCUT2D eigenvalue weighted by Gasteiger charge is -2.24. The number of hydrogen-bond acceptors (Lipinski definition) is 2. The molecule has 84 valence electrons. The largest absolute Gasteiger partial charge is 0.372 e. The van der Waals surface area contributed by atoms with Crippen molar-refractivity contribution in [3.63, 3.8) is 0 Å². The molecule has 2 nitrogen and oxygen atoms in total. The molecule has 0 amide bonds. The molecule has 0 atom stereocenters. The number of anilines is 1. The van der Waals surface area contributed by atoms with Gasteiger partial charge in [-0.1, -0.05) is 17.7 Å². The summed E-state index contributed by atoms with van der Waals surface area (Å²) >= 11 is 6.17. The molecule has 0 aliphatic rings. The highest BCUT2D eigenvalue weighted by atomic mass is 35.5. The van der Waals surface area contributed by atoms with Gasteiger partial charge < -0.3 is 10.6 Å². The van der Waals surface area contributed by atoms with Crippen molar-refractivity contribution < 1.29 is 0 Å². The molecule has 0 radical (unpaired) electrons. The molecule has 0 unspecified atom stereocenters. The summed E-state index contributed by atoms with van der Waals surface area (Å²) in [7, 11) is 2.07. The Labute approximate surface area is 97.0 Å². The number of nitrogens with zero attached hydrogens (tertiary/aromatic N) is 1. The molecule has 3 heteroatoms. The second-order valence-corrected chi connectivity index (χ2v) is 4.43. The van der Waals surface area contributed by atoms with Crippen LogP contribution < -0.4 is 10.6 Å². The zero-order valence-corrected chi connectivity index (χ0v) is 10.4. The minimum Gasteiger partial charge on any atom is -0.372 e. The van der Waals surface area contributed by atoms with E-state index >= 15 is 0 Å². The summed E-state index contributed by atoms with van der Waals surface area (Å²) in [6, 6.07) is 6.63. The van der Waals surface area contributed by atoms with Crippen LogP contribution >= 0.6 is 11.6 Å². The lowest BCUT2D eigenvalue weighted by Crippen LogP contribution is -2.25. The van der Waals surface area contributed by atoms with Crippen molar-refractivity contribution in [2.45, 2.75) is 26.3 Å². The molecule has 0 saturated carbocycles. The Kier molecular flexibility index (Phi) is 4.43. The Hall–Kier alpha value is -0.730. The Morgan fingerprint density at radius 2 is 2.07 bits per heavy atom. The standard InChI is InChI=1S/C12H19ClN2/c1-9(2)15(3)11-5-4-10(6-7-14)12(13)8-11/h4-5,8-9H,6-7,14H2,1-3H3. The van der Waals surface area contributed by atoms with Crippen molar-refractivity contribution in [3.8, 4) is 0 Å². The van der Waals surface area contributed by atoms with Crippen LogP contribution in [-0.4, -0.2) is 19.6 Å².